The molecule has 29 heavy (non-hydrogen) atoms. The Balaban J connectivity index is 2.11. The average Bonchev–Trinajstić information content (AvgIpc) is 2.60. The summed E-state index contributed by atoms with van der Waals surface area (Å²) in [4.78, 5) is 27.1. The van der Waals surface area contributed by atoms with Crippen molar-refractivity contribution in [2.75, 3.05) is 0 Å². The van der Waals surface area contributed by atoms with Crippen LogP contribution in [0, 0.1) is 12.3 Å². The van der Waals surface area contributed by atoms with Gasteiger partial charge in [-0.2, -0.15) is 0 Å². The minimum absolute atomic E-state index is 0.111. The zero-order valence-electron chi connectivity index (χ0n) is 17.4. The number of benzene rings is 1. The molecule has 2 aliphatic carbocycles. The van der Waals surface area contributed by atoms with Crippen LogP contribution in [0.5, 0.6) is 11.5 Å². The molecule has 1 aliphatic heterocycles. The normalized spacial score (nSPS) is 31.0. The smallest absolute Gasteiger partial charge is 0.203 e. The lowest BCUT2D eigenvalue weighted by Crippen LogP contribution is -2.68. The number of carbonyl (C=O) groups is 2. The Morgan fingerprint density at radius 3 is 2.55 bits per heavy atom. The van der Waals surface area contributed by atoms with Gasteiger partial charge < -0.3 is 14.9 Å². The van der Waals surface area contributed by atoms with Gasteiger partial charge in [-0.15, -0.1) is 0 Å². The molecular formula is C24H26O5. The monoisotopic (exact) mass is 394 g/mol. The molecule has 0 saturated heterocycles. The second-order valence-corrected chi connectivity index (χ2v) is 9.15. The SMILES string of the molecule is CC1=C[C@H]2c3cc(O)c(C)cc3O[C@]3(C1)C(=O)C(C)=CC(=O)[C@]23/C=C/C(C)(C)O. The summed E-state index contributed by atoms with van der Waals surface area (Å²) in [6, 6.07) is 3.35. The molecule has 3 atom stereocenters. The fraction of sp³-hybridized carbons (Fsp3) is 0.417. The Morgan fingerprint density at radius 1 is 1.21 bits per heavy atom. The van der Waals surface area contributed by atoms with Gasteiger partial charge in [-0.05, 0) is 64.0 Å². The van der Waals surface area contributed by atoms with Crippen LogP contribution >= 0.6 is 0 Å². The first kappa shape index (κ1) is 19.6. The first-order valence-electron chi connectivity index (χ1n) is 9.81. The van der Waals surface area contributed by atoms with E-state index < -0.39 is 22.5 Å². The number of aromatic hydroxyl groups is 1. The molecule has 0 spiro atoms. The molecule has 152 valence electrons. The molecule has 5 heteroatoms. The number of aliphatic hydroxyl groups is 1. The van der Waals surface area contributed by atoms with E-state index in [1.54, 1.807) is 52.0 Å². The summed E-state index contributed by atoms with van der Waals surface area (Å²) in [5.74, 6) is -0.316. The highest BCUT2D eigenvalue weighted by atomic mass is 16.5. The molecule has 0 aromatic heterocycles. The van der Waals surface area contributed by atoms with E-state index in [0.29, 0.717) is 22.4 Å². The van der Waals surface area contributed by atoms with Crippen molar-refractivity contribution in [2.24, 2.45) is 5.41 Å². The first-order valence-corrected chi connectivity index (χ1v) is 9.81. The Hall–Kier alpha value is -2.66. The maximum atomic E-state index is 13.6. The van der Waals surface area contributed by atoms with E-state index in [1.807, 2.05) is 13.0 Å². The molecule has 5 nitrogen and oxygen atoms in total. The van der Waals surface area contributed by atoms with E-state index >= 15 is 0 Å². The van der Waals surface area contributed by atoms with E-state index in [1.165, 1.54) is 6.08 Å². The number of fused-ring (bicyclic) bond motifs is 2. The minimum atomic E-state index is -1.41. The van der Waals surface area contributed by atoms with Gasteiger partial charge in [0.1, 0.15) is 16.9 Å². The fourth-order valence-electron chi connectivity index (χ4n) is 4.95. The highest BCUT2D eigenvalue weighted by molar-refractivity contribution is 6.18. The number of hydrogen-bond acceptors (Lipinski definition) is 5. The number of Topliss-reactive ketones (excluding diaryl/α,β-unsaturated/α-hetero) is 1. The summed E-state index contributed by atoms with van der Waals surface area (Å²) in [6.07, 6.45) is 6.88. The van der Waals surface area contributed by atoms with Crippen molar-refractivity contribution >= 4 is 11.6 Å². The predicted molar refractivity (Wildman–Crippen MR) is 109 cm³/mol. The van der Waals surface area contributed by atoms with E-state index in [9.17, 15) is 19.8 Å². The quantitative estimate of drug-likeness (QED) is 0.748. The molecule has 3 aliphatic rings. The van der Waals surface area contributed by atoms with Crippen LogP contribution < -0.4 is 4.74 Å². The highest BCUT2D eigenvalue weighted by Gasteiger charge is 2.70. The topological polar surface area (TPSA) is 83.8 Å². The lowest BCUT2D eigenvalue weighted by atomic mass is 9.49. The summed E-state index contributed by atoms with van der Waals surface area (Å²) in [6.45, 7) is 8.57. The molecule has 0 radical (unpaired) electrons. The summed E-state index contributed by atoms with van der Waals surface area (Å²) < 4.78 is 6.43. The van der Waals surface area contributed by atoms with E-state index in [0.717, 1.165) is 5.57 Å². The van der Waals surface area contributed by atoms with Gasteiger partial charge in [0.25, 0.3) is 0 Å². The van der Waals surface area contributed by atoms with E-state index in [4.69, 9.17) is 4.74 Å². The zero-order valence-corrected chi connectivity index (χ0v) is 17.4. The molecule has 1 aromatic carbocycles. The maximum Gasteiger partial charge on any atom is 0.203 e. The van der Waals surface area contributed by atoms with Gasteiger partial charge in [0.2, 0.25) is 5.78 Å². The van der Waals surface area contributed by atoms with Crippen molar-refractivity contribution in [2.45, 2.75) is 58.2 Å². The molecule has 1 heterocycles. The van der Waals surface area contributed by atoms with Crippen molar-refractivity contribution in [3.8, 4) is 11.5 Å². The maximum absolute atomic E-state index is 13.6. The summed E-state index contributed by atoms with van der Waals surface area (Å²) in [7, 11) is 0. The Morgan fingerprint density at radius 2 is 1.90 bits per heavy atom. The second kappa shape index (κ2) is 5.92. The molecule has 0 fully saturated rings. The van der Waals surface area contributed by atoms with Crippen molar-refractivity contribution in [3.05, 3.63) is 58.7 Å². The van der Waals surface area contributed by atoms with Gasteiger partial charge in [-0.3, -0.25) is 9.59 Å². The summed E-state index contributed by atoms with van der Waals surface area (Å²) in [5, 5.41) is 20.7. The number of ketones is 2. The highest BCUT2D eigenvalue weighted by Crippen LogP contribution is 2.63. The summed E-state index contributed by atoms with van der Waals surface area (Å²) >= 11 is 0. The lowest BCUT2D eigenvalue weighted by molar-refractivity contribution is -0.157. The third-order valence-electron chi connectivity index (χ3n) is 6.32. The van der Waals surface area contributed by atoms with Crippen LogP contribution in [0.3, 0.4) is 0 Å². The van der Waals surface area contributed by atoms with Gasteiger partial charge in [0.15, 0.2) is 11.4 Å². The number of phenolic OH excluding ortho intramolecular Hbond substituents is 1. The van der Waals surface area contributed by atoms with Crippen LogP contribution in [0.1, 0.15) is 51.2 Å². The third-order valence-corrected chi connectivity index (χ3v) is 6.32. The van der Waals surface area contributed by atoms with Gasteiger partial charge in [0.05, 0.1) is 5.60 Å². The molecule has 2 N–H and O–H groups in total. The second-order valence-electron chi connectivity index (χ2n) is 9.15. The number of aryl methyl sites for hydroxylation is 1. The average molecular weight is 394 g/mol. The molecule has 0 unspecified atom stereocenters. The zero-order chi connectivity index (χ0) is 21.4. The first-order chi connectivity index (χ1) is 13.4. The van der Waals surface area contributed by atoms with E-state index in [2.05, 4.69) is 0 Å². The molecule has 1 aromatic rings. The number of hydrogen-bond donors (Lipinski definition) is 2. The number of phenols is 1. The van der Waals surface area contributed by atoms with E-state index in [-0.39, 0.29) is 23.7 Å². The van der Waals surface area contributed by atoms with Gasteiger partial charge >= 0.3 is 0 Å². The van der Waals surface area contributed by atoms with Crippen molar-refractivity contribution in [3.63, 3.8) is 0 Å². The standard InChI is InChI=1S/C24H26O5/c1-13-8-17-16-11-18(25)14(2)9-19(16)29-24(12-13)21(27)15(3)10-20(26)23(17,24)7-6-22(4,5)28/h6-11,17,25,28H,12H2,1-5H3/b7-6+/t17-,23-,24+/m0/s1. The largest absolute Gasteiger partial charge is 0.508 e. The molecule has 0 amide bonds. The number of rotatable bonds is 2. The summed E-state index contributed by atoms with van der Waals surface area (Å²) in [5.41, 5.74) is -1.28. The van der Waals surface area contributed by atoms with Crippen molar-refractivity contribution in [1.82, 2.24) is 0 Å². The number of carbonyl (C=O) groups excluding carboxylic acids is 2. The van der Waals surface area contributed by atoms with Gasteiger partial charge in [-0.25, -0.2) is 0 Å². The van der Waals surface area contributed by atoms with Crippen LogP contribution in [-0.2, 0) is 9.59 Å². The van der Waals surface area contributed by atoms with Crippen LogP contribution in [0.15, 0.2) is 47.6 Å². The van der Waals surface area contributed by atoms with Gasteiger partial charge in [0, 0.05) is 17.9 Å². The molecular weight excluding hydrogens is 368 g/mol. The fourth-order valence-corrected chi connectivity index (χ4v) is 4.95. The van der Waals surface area contributed by atoms with Crippen LogP contribution in [0.4, 0.5) is 0 Å². The lowest BCUT2D eigenvalue weighted by Gasteiger charge is -2.57. The van der Waals surface area contributed by atoms with Crippen LogP contribution in [0.25, 0.3) is 0 Å². The minimum Gasteiger partial charge on any atom is -0.508 e. The number of ether oxygens (including phenoxy) is 1. The molecule has 4 rings (SSSR count). The molecule has 0 saturated carbocycles. The van der Waals surface area contributed by atoms with Gasteiger partial charge in [-0.1, -0.05) is 23.8 Å². The van der Waals surface area contributed by atoms with Crippen LogP contribution in [0.2, 0.25) is 0 Å². The van der Waals surface area contributed by atoms with Crippen molar-refractivity contribution in [1.29, 1.82) is 0 Å². The number of allylic oxidation sites excluding steroid dienone is 2. The predicted octanol–water partition coefficient (Wildman–Crippen LogP) is 3.68. The Labute approximate surface area is 170 Å². The third kappa shape index (κ3) is 2.57. The Kier molecular flexibility index (Phi) is 4.01. The Bertz CT molecular complexity index is 1040. The van der Waals surface area contributed by atoms with Crippen LogP contribution in [-0.4, -0.2) is 33.0 Å². The van der Waals surface area contributed by atoms with Crippen molar-refractivity contribution < 1.29 is 24.5 Å². The molecule has 2 bridgehead atoms.